The lowest BCUT2D eigenvalue weighted by atomic mass is 10.1. The van der Waals surface area contributed by atoms with Crippen molar-refractivity contribution in [3.8, 4) is 0 Å². The van der Waals surface area contributed by atoms with Crippen LogP contribution in [0.1, 0.15) is 16.1 Å². The molecular weight excluding hydrogens is 364 g/mol. The predicted molar refractivity (Wildman–Crippen MR) is 116 cm³/mol. The predicted octanol–water partition coefficient (Wildman–Crippen LogP) is 2.46. The quantitative estimate of drug-likeness (QED) is 0.571. The van der Waals surface area contributed by atoms with Crippen LogP contribution in [-0.4, -0.2) is 65.5 Å². The minimum Gasteiger partial charge on any atom is -0.368 e. The van der Waals surface area contributed by atoms with Crippen molar-refractivity contribution < 1.29 is 4.79 Å². The van der Waals surface area contributed by atoms with Gasteiger partial charge in [0.05, 0.1) is 16.6 Å². The summed E-state index contributed by atoms with van der Waals surface area (Å²) in [6, 6.07) is 12.0. The number of carbonyl (C=O) groups is 1. The molecule has 0 atom stereocenters. The van der Waals surface area contributed by atoms with Crippen molar-refractivity contribution in [1.29, 1.82) is 0 Å². The van der Waals surface area contributed by atoms with E-state index >= 15 is 0 Å². The molecule has 0 aliphatic carbocycles. The molecule has 0 bridgehead atoms. The number of hydrogen-bond acceptors (Lipinski definition) is 5. The van der Waals surface area contributed by atoms with Crippen LogP contribution in [0.25, 0.3) is 27.7 Å². The van der Waals surface area contributed by atoms with Crippen LogP contribution in [0.4, 0.5) is 5.69 Å². The van der Waals surface area contributed by atoms with Gasteiger partial charge in [-0.15, -0.1) is 0 Å². The van der Waals surface area contributed by atoms with E-state index in [9.17, 15) is 4.79 Å². The third-order valence-corrected chi connectivity index (χ3v) is 5.76. The summed E-state index contributed by atoms with van der Waals surface area (Å²) in [4.78, 5) is 27.1. The fourth-order valence-electron chi connectivity index (χ4n) is 4.20. The number of carbonyl (C=O) groups excluding carboxylic acids is 1. The molecule has 5 rings (SSSR count). The summed E-state index contributed by atoms with van der Waals surface area (Å²) in [5, 5.41) is 3.75. The SMILES string of the molecule is CNC(=O)c1cc2c(N3CCN(C)CC3)cc(C)nc2n2c1nc1ccccc12. The van der Waals surface area contributed by atoms with E-state index in [0.29, 0.717) is 11.2 Å². The van der Waals surface area contributed by atoms with Gasteiger partial charge >= 0.3 is 0 Å². The van der Waals surface area contributed by atoms with Crippen molar-refractivity contribution in [2.24, 2.45) is 0 Å². The molecule has 1 N–H and O–H groups in total. The van der Waals surface area contributed by atoms with Gasteiger partial charge in [-0.2, -0.15) is 0 Å². The van der Waals surface area contributed by atoms with Gasteiger partial charge in [0.25, 0.3) is 5.91 Å². The number of pyridine rings is 2. The van der Waals surface area contributed by atoms with Crippen molar-refractivity contribution in [2.75, 3.05) is 45.2 Å². The Morgan fingerprint density at radius 1 is 1.03 bits per heavy atom. The lowest BCUT2D eigenvalue weighted by Gasteiger charge is -2.34. The third-order valence-electron chi connectivity index (χ3n) is 5.76. The first-order valence-electron chi connectivity index (χ1n) is 9.94. The zero-order chi connectivity index (χ0) is 20.1. The summed E-state index contributed by atoms with van der Waals surface area (Å²) < 4.78 is 2.03. The van der Waals surface area contributed by atoms with Gasteiger partial charge in [-0.1, -0.05) is 12.1 Å². The third kappa shape index (κ3) is 2.81. The number of imidazole rings is 1. The molecule has 3 aromatic heterocycles. The average molecular weight is 388 g/mol. The van der Waals surface area contributed by atoms with Crippen LogP contribution in [0.3, 0.4) is 0 Å². The number of para-hydroxylation sites is 2. The lowest BCUT2D eigenvalue weighted by Crippen LogP contribution is -2.44. The Morgan fingerprint density at radius 2 is 1.79 bits per heavy atom. The highest BCUT2D eigenvalue weighted by atomic mass is 16.1. The molecule has 7 heteroatoms. The van der Waals surface area contributed by atoms with Crippen molar-refractivity contribution in [2.45, 2.75) is 6.92 Å². The molecule has 0 spiro atoms. The smallest absolute Gasteiger partial charge is 0.254 e. The molecule has 1 amide bonds. The molecule has 1 fully saturated rings. The van der Waals surface area contributed by atoms with Crippen LogP contribution in [0.15, 0.2) is 36.4 Å². The summed E-state index contributed by atoms with van der Waals surface area (Å²) >= 11 is 0. The number of hydrogen-bond donors (Lipinski definition) is 1. The normalized spacial score (nSPS) is 15.5. The van der Waals surface area contributed by atoms with E-state index in [0.717, 1.165) is 59.6 Å². The van der Waals surface area contributed by atoms with E-state index in [1.165, 1.54) is 0 Å². The Bertz CT molecular complexity index is 1250. The van der Waals surface area contributed by atoms with Crippen molar-refractivity contribution in [3.05, 3.63) is 47.7 Å². The number of benzene rings is 1. The number of rotatable bonds is 2. The number of anilines is 1. The number of aryl methyl sites for hydroxylation is 1. The Morgan fingerprint density at radius 3 is 2.55 bits per heavy atom. The van der Waals surface area contributed by atoms with Gasteiger partial charge in [0.15, 0.2) is 5.65 Å². The minimum absolute atomic E-state index is 0.142. The van der Waals surface area contributed by atoms with Crippen LogP contribution in [0.5, 0.6) is 0 Å². The fourth-order valence-corrected chi connectivity index (χ4v) is 4.20. The van der Waals surface area contributed by atoms with Crippen LogP contribution < -0.4 is 10.2 Å². The number of fused-ring (bicyclic) bond motifs is 5. The first kappa shape index (κ1) is 17.9. The second-order valence-electron chi connectivity index (χ2n) is 7.71. The molecule has 4 heterocycles. The van der Waals surface area contributed by atoms with E-state index in [1.807, 2.05) is 41.7 Å². The Balaban J connectivity index is 1.89. The lowest BCUT2D eigenvalue weighted by molar-refractivity contribution is 0.0964. The number of piperazine rings is 1. The summed E-state index contributed by atoms with van der Waals surface area (Å²) in [6.07, 6.45) is 0. The van der Waals surface area contributed by atoms with Crippen molar-refractivity contribution in [3.63, 3.8) is 0 Å². The second kappa shape index (κ2) is 6.70. The van der Waals surface area contributed by atoms with Crippen LogP contribution in [-0.2, 0) is 0 Å². The van der Waals surface area contributed by atoms with E-state index in [4.69, 9.17) is 9.97 Å². The topological polar surface area (TPSA) is 65.8 Å². The molecule has 148 valence electrons. The fraction of sp³-hybridized carbons (Fsp3) is 0.318. The number of amides is 1. The molecule has 0 unspecified atom stereocenters. The van der Waals surface area contributed by atoms with Gasteiger partial charge in [-0.3, -0.25) is 9.20 Å². The highest BCUT2D eigenvalue weighted by Crippen LogP contribution is 2.32. The molecule has 1 aromatic carbocycles. The van der Waals surface area contributed by atoms with Crippen molar-refractivity contribution >= 4 is 39.3 Å². The molecule has 1 aliphatic heterocycles. The highest BCUT2D eigenvalue weighted by Gasteiger charge is 2.22. The molecule has 1 saturated heterocycles. The zero-order valence-corrected chi connectivity index (χ0v) is 16.9. The van der Waals surface area contributed by atoms with Gasteiger partial charge < -0.3 is 15.1 Å². The molecule has 29 heavy (non-hydrogen) atoms. The Labute approximate surface area is 168 Å². The summed E-state index contributed by atoms with van der Waals surface area (Å²) in [7, 11) is 3.80. The van der Waals surface area contributed by atoms with Gasteiger partial charge in [-0.25, -0.2) is 9.97 Å². The van der Waals surface area contributed by atoms with E-state index < -0.39 is 0 Å². The molecule has 7 nitrogen and oxygen atoms in total. The van der Waals surface area contributed by atoms with E-state index in [2.05, 4.69) is 28.2 Å². The van der Waals surface area contributed by atoms with Crippen LogP contribution in [0, 0.1) is 6.92 Å². The Kier molecular flexibility index (Phi) is 4.13. The van der Waals surface area contributed by atoms with E-state index in [-0.39, 0.29) is 5.91 Å². The molecule has 4 aromatic rings. The monoisotopic (exact) mass is 388 g/mol. The zero-order valence-electron chi connectivity index (χ0n) is 16.9. The van der Waals surface area contributed by atoms with Crippen LogP contribution >= 0.6 is 0 Å². The maximum absolute atomic E-state index is 12.7. The van der Waals surface area contributed by atoms with Gasteiger partial charge in [0, 0.05) is 50.0 Å². The largest absolute Gasteiger partial charge is 0.368 e. The first-order valence-corrected chi connectivity index (χ1v) is 9.94. The maximum atomic E-state index is 12.7. The number of nitrogens with zero attached hydrogens (tertiary/aromatic N) is 5. The van der Waals surface area contributed by atoms with Gasteiger partial charge in [0.2, 0.25) is 0 Å². The molecular formula is C22H24N6O. The Hall–Kier alpha value is -3.19. The molecule has 1 aliphatic rings. The summed E-state index contributed by atoms with van der Waals surface area (Å²) in [5.74, 6) is -0.142. The van der Waals surface area contributed by atoms with Crippen molar-refractivity contribution in [1.82, 2.24) is 24.6 Å². The van der Waals surface area contributed by atoms with E-state index in [1.54, 1.807) is 7.05 Å². The standard InChI is InChI=1S/C22H24N6O/c1-14-12-19(27-10-8-26(3)9-11-27)15-13-16(22(29)23-2)21-25-17-6-4-5-7-18(17)28(21)20(15)24-14/h4-7,12-13H,8-11H2,1-3H3,(H,23,29). The molecule has 0 radical (unpaired) electrons. The number of likely N-dealkylation sites (N-methyl/N-ethyl adjacent to an activating group) is 1. The molecule has 0 saturated carbocycles. The number of aromatic nitrogens is 3. The van der Waals surface area contributed by atoms with Gasteiger partial charge in [-0.05, 0) is 38.2 Å². The maximum Gasteiger partial charge on any atom is 0.254 e. The first-order chi connectivity index (χ1) is 14.1. The number of nitrogens with one attached hydrogen (secondary N) is 1. The average Bonchev–Trinajstić information content (AvgIpc) is 3.12. The van der Waals surface area contributed by atoms with Gasteiger partial charge in [0.1, 0.15) is 5.65 Å². The minimum atomic E-state index is -0.142. The highest BCUT2D eigenvalue weighted by molar-refractivity contribution is 6.07. The second-order valence-corrected chi connectivity index (χ2v) is 7.71. The summed E-state index contributed by atoms with van der Waals surface area (Å²) in [5.41, 5.74) is 5.95. The summed E-state index contributed by atoms with van der Waals surface area (Å²) in [6.45, 7) is 5.96. The van der Waals surface area contributed by atoms with Crippen LogP contribution in [0.2, 0.25) is 0 Å².